The zero-order valence-corrected chi connectivity index (χ0v) is 21.0. The predicted molar refractivity (Wildman–Crippen MR) is 135 cm³/mol. The molecule has 6 nitrogen and oxygen atoms in total. The van der Waals surface area contributed by atoms with Crippen molar-refractivity contribution < 1.29 is 22.7 Å². The van der Waals surface area contributed by atoms with Crippen LogP contribution in [0, 0.1) is 6.92 Å². The molecule has 1 heterocycles. The zero-order valence-electron chi connectivity index (χ0n) is 19.4. The van der Waals surface area contributed by atoms with Gasteiger partial charge in [-0.15, -0.1) is 10.2 Å². The number of aromatic nitrogens is 3. The molecule has 1 amide bonds. The number of nitrogens with zero attached hydrogens (tertiary/aromatic N) is 3. The number of fused-ring (bicyclic) bond motifs is 1. The van der Waals surface area contributed by atoms with E-state index in [1.54, 1.807) is 0 Å². The van der Waals surface area contributed by atoms with Crippen molar-refractivity contribution >= 4 is 45.7 Å². The Morgan fingerprint density at radius 2 is 1.92 bits per heavy atom. The van der Waals surface area contributed by atoms with E-state index < -0.39 is 17.6 Å². The van der Waals surface area contributed by atoms with E-state index in [2.05, 4.69) is 15.5 Å². The minimum atomic E-state index is -4.54. The fraction of sp³-hybridized carbons (Fsp3) is 0.240. The standard InChI is InChI=1S/C25H22ClF3N4O2S/c1-3-33-22(13-35-21-11-8-16-6-4-5-7-18(16)15(21)2)31-32-24(33)36-14-23(34)30-20-12-17(25(27,28)29)9-10-19(20)26/h4-12H,3,13-14H2,1-2H3,(H,30,34). The monoisotopic (exact) mass is 534 g/mol. The number of rotatable bonds is 8. The summed E-state index contributed by atoms with van der Waals surface area (Å²) in [7, 11) is 0. The number of nitrogens with one attached hydrogen (secondary N) is 1. The lowest BCUT2D eigenvalue weighted by Gasteiger charge is -2.13. The van der Waals surface area contributed by atoms with E-state index in [9.17, 15) is 18.0 Å². The number of aryl methyl sites for hydroxylation is 1. The van der Waals surface area contributed by atoms with Gasteiger partial charge in [0.1, 0.15) is 12.4 Å². The van der Waals surface area contributed by atoms with E-state index in [4.69, 9.17) is 16.3 Å². The van der Waals surface area contributed by atoms with Crippen molar-refractivity contribution in [3.05, 3.63) is 76.6 Å². The lowest BCUT2D eigenvalue weighted by Crippen LogP contribution is -2.16. The summed E-state index contributed by atoms with van der Waals surface area (Å²) < 4.78 is 46.7. The van der Waals surface area contributed by atoms with Crippen LogP contribution in [0.25, 0.3) is 10.8 Å². The molecule has 4 aromatic rings. The maximum absolute atomic E-state index is 13.0. The summed E-state index contributed by atoms with van der Waals surface area (Å²) in [6.07, 6.45) is -4.54. The van der Waals surface area contributed by atoms with Crippen LogP contribution in [-0.2, 0) is 24.1 Å². The molecule has 0 atom stereocenters. The quantitative estimate of drug-likeness (QED) is 0.253. The number of carbonyl (C=O) groups excluding carboxylic acids is 1. The average Bonchev–Trinajstić information content (AvgIpc) is 3.25. The molecule has 3 aromatic carbocycles. The fourth-order valence-electron chi connectivity index (χ4n) is 3.67. The highest BCUT2D eigenvalue weighted by atomic mass is 35.5. The normalized spacial score (nSPS) is 11.6. The van der Waals surface area contributed by atoms with Crippen LogP contribution in [-0.4, -0.2) is 26.4 Å². The van der Waals surface area contributed by atoms with E-state index >= 15 is 0 Å². The Balaban J connectivity index is 1.40. The number of amides is 1. The maximum atomic E-state index is 13.0. The lowest BCUT2D eigenvalue weighted by atomic mass is 10.0. The van der Waals surface area contributed by atoms with Gasteiger partial charge in [0.25, 0.3) is 0 Å². The van der Waals surface area contributed by atoms with Crippen LogP contribution in [0.2, 0.25) is 5.02 Å². The van der Waals surface area contributed by atoms with E-state index in [1.807, 2.05) is 54.8 Å². The van der Waals surface area contributed by atoms with Crippen molar-refractivity contribution in [2.75, 3.05) is 11.1 Å². The first-order chi connectivity index (χ1) is 17.2. The number of carbonyl (C=O) groups is 1. The van der Waals surface area contributed by atoms with Crippen molar-refractivity contribution in [3.8, 4) is 5.75 Å². The number of benzene rings is 3. The molecule has 188 valence electrons. The number of alkyl halides is 3. The Labute approximate surface area is 214 Å². The van der Waals surface area contributed by atoms with E-state index in [1.165, 1.54) is 0 Å². The van der Waals surface area contributed by atoms with Gasteiger partial charge in [0.2, 0.25) is 5.91 Å². The molecule has 0 radical (unpaired) electrons. The summed E-state index contributed by atoms with van der Waals surface area (Å²) >= 11 is 7.08. The van der Waals surface area contributed by atoms with Crippen molar-refractivity contribution in [1.82, 2.24) is 14.8 Å². The first-order valence-corrected chi connectivity index (χ1v) is 12.4. The van der Waals surface area contributed by atoms with E-state index in [0.717, 1.165) is 52.0 Å². The molecule has 11 heteroatoms. The van der Waals surface area contributed by atoms with Crippen LogP contribution in [0.15, 0.2) is 59.8 Å². The molecule has 0 saturated heterocycles. The summed E-state index contributed by atoms with van der Waals surface area (Å²) in [5.41, 5.74) is 0.0240. The van der Waals surface area contributed by atoms with Gasteiger partial charge in [0, 0.05) is 6.54 Å². The van der Waals surface area contributed by atoms with Crippen LogP contribution >= 0.6 is 23.4 Å². The van der Waals surface area contributed by atoms with Crippen molar-refractivity contribution in [2.24, 2.45) is 0 Å². The summed E-state index contributed by atoms with van der Waals surface area (Å²) in [4.78, 5) is 12.4. The van der Waals surface area contributed by atoms with E-state index in [0.29, 0.717) is 17.5 Å². The van der Waals surface area contributed by atoms with Crippen LogP contribution in [0.4, 0.5) is 18.9 Å². The van der Waals surface area contributed by atoms with E-state index in [-0.39, 0.29) is 23.1 Å². The number of hydrogen-bond acceptors (Lipinski definition) is 5. The first-order valence-electron chi connectivity index (χ1n) is 11.0. The third-order valence-corrected chi connectivity index (χ3v) is 6.81. The SMILES string of the molecule is CCn1c(COc2ccc3ccccc3c2C)nnc1SCC(=O)Nc1cc(C(F)(F)F)ccc1Cl. The van der Waals surface area contributed by atoms with Gasteiger partial charge in [0.05, 0.1) is 22.0 Å². The van der Waals surface area contributed by atoms with Gasteiger partial charge >= 0.3 is 6.18 Å². The second kappa shape index (κ2) is 10.8. The molecule has 0 aliphatic carbocycles. The first kappa shape index (κ1) is 25.8. The summed E-state index contributed by atoms with van der Waals surface area (Å²) in [6, 6.07) is 14.7. The molecule has 0 spiro atoms. The summed E-state index contributed by atoms with van der Waals surface area (Å²) in [6.45, 7) is 4.65. The maximum Gasteiger partial charge on any atom is 0.416 e. The van der Waals surface area contributed by atoms with Crippen LogP contribution < -0.4 is 10.1 Å². The minimum absolute atomic E-state index is 0.0153. The zero-order chi connectivity index (χ0) is 25.9. The molecular formula is C25H22ClF3N4O2S. The van der Waals surface area contributed by atoms with Gasteiger partial charge < -0.3 is 14.6 Å². The highest BCUT2D eigenvalue weighted by Gasteiger charge is 2.31. The number of ether oxygens (including phenoxy) is 1. The second-order valence-electron chi connectivity index (χ2n) is 7.87. The third kappa shape index (κ3) is 5.76. The number of thioether (sulfide) groups is 1. The summed E-state index contributed by atoms with van der Waals surface area (Å²) in [5.74, 6) is 0.728. The van der Waals surface area contributed by atoms with Gasteiger partial charge in [-0.1, -0.05) is 53.7 Å². The van der Waals surface area contributed by atoms with Crippen molar-refractivity contribution in [2.45, 2.75) is 38.3 Å². The fourth-order valence-corrected chi connectivity index (χ4v) is 4.66. The Kier molecular flexibility index (Phi) is 7.75. The summed E-state index contributed by atoms with van der Waals surface area (Å²) in [5, 5.41) is 13.5. The molecule has 0 aliphatic heterocycles. The minimum Gasteiger partial charge on any atom is -0.485 e. The van der Waals surface area contributed by atoms with Gasteiger partial charge in [0.15, 0.2) is 11.0 Å². The molecule has 1 N–H and O–H groups in total. The molecule has 0 fully saturated rings. The molecule has 36 heavy (non-hydrogen) atoms. The Morgan fingerprint density at radius 1 is 1.14 bits per heavy atom. The molecular weight excluding hydrogens is 513 g/mol. The lowest BCUT2D eigenvalue weighted by molar-refractivity contribution is -0.137. The topological polar surface area (TPSA) is 69.0 Å². The molecule has 0 unspecified atom stereocenters. The largest absolute Gasteiger partial charge is 0.485 e. The molecule has 0 saturated carbocycles. The van der Waals surface area contributed by atoms with Gasteiger partial charge in [-0.05, 0) is 54.4 Å². The Bertz CT molecular complexity index is 1410. The molecule has 1 aromatic heterocycles. The number of anilines is 1. The molecule has 4 rings (SSSR count). The van der Waals surface area contributed by atoms with Crippen molar-refractivity contribution in [1.29, 1.82) is 0 Å². The van der Waals surface area contributed by atoms with Gasteiger partial charge in [-0.25, -0.2) is 0 Å². The number of hydrogen-bond donors (Lipinski definition) is 1. The van der Waals surface area contributed by atoms with Crippen LogP contribution in [0.1, 0.15) is 23.9 Å². The predicted octanol–water partition coefficient (Wildman–Crippen LogP) is 6.74. The molecule has 0 bridgehead atoms. The van der Waals surface area contributed by atoms with Crippen molar-refractivity contribution in [3.63, 3.8) is 0 Å². The average molecular weight is 535 g/mol. The third-order valence-electron chi connectivity index (χ3n) is 5.52. The van der Waals surface area contributed by atoms with Gasteiger partial charge in [-0.2, -0.15) is 13.2 Å². The highest BCUT2D eigenvalue weighted by Crippen LogP contribution is 2.34. The smallest absolute Gasteiger partial charge is 0.416 e. The second-order valence-corrected chi connectivity index (χ2v) is 9.22. The van der Waals surface area contributed by atoms with Gasteiger partial charge in [-0.3, -0.25) is 4.79 Å². The highest BCUT2D eigenvalue weighted by molar-refractivity contribution is 7.99. The Hall–Kier alpha value is -3.24. The Morgan fingerprint density at radius 3 is 2.67 bits per heavy atom. The molecule has 0 aliphatic rings. The van der Waals surface area contributed by atoms with Crippen LogP contribution in [0.5, 0.6) is 5.75 Å². The number of halogens is 4. The van der Waals surface area contributed by atoms with Crippen LogP contribution in [0.3, 0.4) is 0 Å².